The Morgan fingerprint density at radius 3 is 2.60 bits per heavy atom. The SMILES string of the molecule is CC(F)c1[nH]nc2ccc(N3CC[C@]4(CCN(CC(=O)N5CC=C(c6ccc(-c7ncn(C)n7)cc6)CC5)C4)C3=O)cc12. The van der Waals surface area contributed by atoms with Crippen molar-refractivity contribution < 1.29 is 14.0 Å². The quantitative estimate of drug-likeness (QED) is 0.367. The van der Waals surface area contributed by atoms with Crippen molar-refractivity contribution in [1.82, 2.24) is 34.8 Å². The first-order valence-electron chi connectivity index (χ1n) is 14.9. The van der Waals surface area contributed by atoms with E-state index in [9.17, 15) is 14.0 Å². The van der Waals surface area contributed by atoms with Gasteiger partial charge in [-0.2, -0.15) is 10.2 Å². The number of rotatable bonds is 6. The number of H-pyrrole nitrogens is 1. The van der Waals surface area contributed by atoms with Crippen LogP contribution in [-0.2, 0) is 16.6 Å². The van der Waals surface area contributed by atoms with Crippen LogP contribution in [0.15, 0.2) is 54.9 Å². The number of anilines is 1. The lowest BCUT2D eigenvalue weighted by Gasteiger charge is -2.29. The van der Waals surface area contributed by atoms with Gasteiger partial charge in [0.25, 0.3) is 0 Å². The smallest absolute Gasteiger partial charge is 0.237 e. The molecule has 0 aliphatic carbocycles. The lowest BCUT2D eigenvalue weighted by atomic mass is 9.85. The fourth-order valence-electron chi connectivity index (χ4n) is 6.78. The fourth-order valence-corrected chi connectivity index (χ4v) is 6.78. The number of likely N-dealkylation sites (tertiary alicyclic amines) is 1. The molecule has 11 heteroatoms. The van der Waals surface area contributed by atoms with E-state index in [1.54, 1.807) is 11.0 Å². The summed E-state index contributed by atoms with van der Waals surface area (Å²) in [5, 5.41) is 12.0. The van der Waals surface area contributed by atoms with Crippen molar-refractivity contribution in [1.29, 1.82) is 0 Å². The number of aromatic amines is 1. The molecule has 2 fully saturated rings. The molecule has 5 heterocycles. The zero-order valence-corrected chi connectivity index (χ0v) is 24.5. The number of nitrogens with zero attached hydrogens (tertiary/aromatic N) is 7. The molecular weight excluding hydrogens is 547 g/mol. The summed E-state index contributed by atoms with van der Waals surface area (Å²) in [5.74, 6) is 0.900. The lowest BCUT2D eigenvalue weighted by molar-refractivity contribution is -0.132. The van der Waals surface area contributed by atoms with Crippen LogP contribution in [0.2, 0.25) is 0 Å². The Morgan fingerprint density at radius 2 is 1.88 bits per heavy atom. The summed E-state index contributed by atoms with van der Waals surface area (Å²) in [6.07, 6.45) is 4.95. The van der Waals surface area contributed by atoms with Gasteiger partial charge >= 0.3 is 0 Å². The van der Waals surface area contributed by atoms with Gasteiger partial charge in [0.05, 0.1) is 23.2 Å². The van der Waals surface area contributed by atoms with Gasteiger partial charge in [0.15, 0.2) is 5.82 Å². The van der Waals surface area contributed by atoms with Crippen LogP contribution in [-0.4, -0.2) is 85.8 Å². The van der Waals surface area contributed by atoms with Crippen LogP contribution in [0.4, 0.5) is 10.1 Å². The topological polar surface area (TPSA) is 103 Å². The summed E-state index contributed by atoms with van der Waals surface area (Å²) >= 11 is 0. The number of carbonyl (C=O) groups excluding carboxylic acids is 2. The molecule has 1 unspecified atom stereocenters. The van der Waals surface area contributed by atoms with Crippen molar-refractivity contribution in [3.8, 4) is 11.4 Å². The van der Waals surface area contributed by atoms with Crippen molar-refractivity contribution in [3.05, 3.63) is 66.1 Å². The van der Waals surface area contributed by atoms with E-state index in [-0.39, 0.29) is 11.8 Å². The highest BCUT2D eigenvalue weighted by Crippen LogP contribution is 2.43. The minimum Gasteiger partial charge on any atom is -0.338 e. The van der Waals surface area contributed by atoms with Gasteiger partial charge in [-0.25, -0.2) is 9.37 Å². The molecule has 1 spiro atoms. The van der Waals surface area contributed by atoms with Crippen LogP contribution >= 0.6 is 0 Å². The van der Waals surface area contributed by atoms with Gasteiger partial charge in [-0.15, -0.1) is 0 Å². The number of alkyl halides is 1. The molecule has 2 atom stereocenters. The summed E-state index contributed by atoms with van der Waals surface area (Å²) in [7, 11) is 1.85. The monoisotopic (exact) mass is 582 g/mol. The van der Waals surface area contributed by atoms with Crippen molar-refractivity contribution >= 4 is 34.0 Å². The maximum absolute atomic E-state index is 14.1. The zero-order valence-electron chi connectivity index (χ0n) is 24.5. The van der Waals surface area contributed by atoms with Crippen LogP contribution in [0.3, 0.4) is 0 Å². The van der Waals surface area contributed by atoms with Gasteiger partial charge in [0.1, 0.15) is 12.5 Å². The van der Waals surface area contributed by atoms with E-state index < -0.39 is 11.6 Å². The van der Waals surface area contributed by atoms with Crippen LogP contribution in [0, 0.1) is 5.41 Å². The third-order valence-corrected chi connectivity index (χ3v) is 9.26. The number of amides is 2. The molecule has 4 aromatic rings. The van der Waals surface area contributed by atoms with Crippen molar-refractivity contribution in [3.63, 3.8) is 0 Å². The minimum atomic E-state index is -1.18. The van der Waals surface area contributed by atoms with Gasteiger partial charge in [-0.3, -0.25) is 24.3 Å². The van der Waals surface area contributed by atoms with Crippen LogP contribution in [0.5, 0.6) is 0 Å². The fraction of sp³-hybridized carbons (Fsp3) is 0.406. The molecule has 0 radical (unpaired) electrons. The average Bonchev–Trinajstić information content (AvgIpc) is 3.81. The molecule has 2 aromatic carbocycles. The van der Waals surface area contributed by atoms with Gasteiger partial charge in [-0.1, -0.05) is 30.3 Å². The van der Waals surface area contributed by atoms with Gasteiger partial charge in [0, 0.05) is 49.9 Å². The first-order chi connectivity index (χ1) is 20.8. The lowest BCUT2D eigenvalue weighted by Crippen LogP contribution is -2.43. The maximum atomic E-state index is 14.1. The average molecular weight is 583 g/mol. The van der Waals surface area contributed by atoms with E-state index in [0.717, 1.165) is 42.6 Å². The minimum absolute atomic E-state index is 0.0931. The summed E-state index contributed by atoms with van der Waals surface area (Å²) in [5.41, 5.74) is 4.78. The van der Waals surface area contributed by atoms with E-state index in [1.807, 2.05) is 47.2 Å². The molecule has 7 rings (SSSR count). The van der Waals surface area contributed by atoms with Gasteiger partial charge in [-0.05, 0) is 62.1 Å². The molecule has 3 aliphatic heterocycles. The first kappa shape index (κ1) is 27.5. The number of benzene rings is 2. The Bertz CT molecular complexity index is 1720. The van der Waals surface area contributed by atoms with E-state index in [4.69, 9.17) is 0 Å². The van der Waals surface area contributed by atoms with E-state index in [0.29, 0.717) is 55.1 Å². The molecule has 43 heavy (non-hydrogen) atoms. The van der Waals surface area contributed by atoms with E-state index >= 15 is 0 Å². The number of aromatic nitrogens is 5. The van der Waals surface area contributed by atoms with Gasteiger partial charge < -0.3 is 9.80 Å². The van der Waals surface area contributed by atoms with Crippen LogP contribution < -0.4 is 4.90 Å². The molecule has 0 bridgehead atoms. The predicted molar refractivity (Wildman–Crippen MR) is 162 cm³/mol. The maximum Gasteiger partial charge on any atom is 0.237 e. The normalized spacial score (nSPS) is 21.7. The Balaban J connectivity index is 0.958. The highest BCUT2D eigenvalue weighted by molar-refractivity contribution is 6.02. The third-order valence-electron chi connectivity index (χ3n) is 9.26. The molecule has 0 saturated carbocycles. The Labute approximate surface area is 249 Å². The predicted octanol–water partition coefficient (Wildman–Crippen LogP) is 4.13. The standard InChI is InChI=1S/C32H35FN8O2/c1-21(33)29-26-17-25(7-8-27(26)35-36-29)41-16-12-32(31(41)43)11-15-39(19-32)18-28(42)40-13-9-23(10-14-40)22-3-5-24(6-4-22)30-34-20-38(2)37-30/h3-9,17,20-21H,10-16,18-19H2,1-2H3,(H,35,36)/t21?,32-/m0/s1. The largest absolute Gasteiger partial charge is 0.338 e. The second-order valence-electron chi connectivity index (χ2n) is 12.0. The van der Waals surface area contributed by atoms with Crippen molar-refractivity contribution in [2.24, 2.45) is 12.5 Å². The third kappa shape index (κ3) is 5.01. The Hall–Kier alpha value is -4.38. The summed E-state index contributed by atoms with van der Waals surface area (Å²) in [6, 6.07) is 13.8. The van der Waals surface area contributed by atoms with Gasteiger partial charge in [0.2, 0.25) is 11.8 Å². The number of halogens is 1. The van der Waals surface area contributed by atoms with Crippen LogP contribution in [0.25, 0.3) is 27.9 Å². The molecule has 2 amide bonds. The highest BCUT2D eigenvalue weighted by atomic mass is 19.1. The van der Waals surface area contributed by atoms with Crippen molar-refractivity contribution in [2.45, 2.75) is 32.4 Å². The number of hydrogen-bond donors (Lipinski definition) is 1. The Morgan fingerprint density at radius 1 is 1.09 bits per heavy atom. The zero-order chi connectivity index (χ0) is 29.7. The molecule has 2 saturated heterocycles. The molecule has 222 valence electrons. The van der Waals surface area contributed by atoms with E-state index in [1.165, 1.54) is 12.5 Å². The summed E-state index contributed by atoms with van der Waals surface area (Å²) < 4.78 is 15.8. The number of nitrogens with one attached hydrogen (secondary N) is 1. The molecule has 3 aliphatic rings. The second kappa shape index (κ2) is 10.7. The summed E-state index contributed by atoms with van der Waals surface area (Å²) in [4.78, 5) is 37.2. The van der Waals surface area contributed by atoms with E-state index in [2.05, 4.69) is 43.4 Å². The highest BCUT2D eigenvalue weighted by Gasteiger charge is 2.51. The molecule has 10 nitrogen and oxygen atoms in total. The number of hydrogen-bond acceptors (Lipinski definition) is 6. The van der Waals surface area contributed by atoms with Crippen molar-refractivity contribution in [2.75, 3.05) is 44.2 Å². The molecule has 2 aromatic heterocycles. The van der Waals surface area contributed by atoms with Crippen LogP contribution in [0.1, 0.15) is 43.6 Å². The molecular formula is C32H35FN8O2. The number of carbonyl (C=O) groups is 2. The molecule has 1 N–H and O–H groups in total. The summed E-state index contributed by atoms with van der Waals surface area (Å²) in [6.45, 7) is 4.98. The second-order valence-corrected chi connectivity index (χ2v) is 12.0. The Kier molecular flexibility index (Phi) is 6.84. The number of fused-ring (bicyclic) bond motifs is 1. The first-order valence-corrected chi connectivity index (χ1v) is 14.9. The number of aryl methyl sites for hydroxylation is 1.